The second-order valence-electron chi connectivity index (χ2n) is 9.54. The van der Waals surface area contributed by atoms with E-state index in [4.69, 9.17) is 9.02 Å². The number of carbonyl (C=O) groups excluding carboxylic acids is 1. The van der Waals surface area contributed by atoms with Crippen LogP contribution in [0.25, 0.3) is 5.70 Å². The molecule has 0 fully saturated rings. The Morgan fingerprint density at radius 1 is 1.00 bits per heavy atom. The summed E-state index contributed by atoms with van der Waals surface area (Å²) in [7, 11) is 1.60. The Kier molecular flexibility index (Phi) is 10.7. The summed E-state index contributed by atoms with van der Waals surface area (Å²) in [5, 5.41) is 20.3. The second kappa shape index (κ2) is 14.7. The number of halogens is 3. The maximum absolute atomic E-state index is 13.6. The van der Waals surface area contributed by atoms with Crippen molar-refractivity contribution >= 4 is 35.4 Å². The minimum atomic E-state index is -4.50. The molecule has 0 aromatic heterocycles. The van der Waals surface area contributed by atoms with Crippen LogP contribution in [0.4, 0.5) is 29.3 Å². The van der Waals surface area contributed by atoms with E-state index in [1.54, 1.807) is 43.4 Å². The third-order valence-electron chi connectivity index (χ3n) is 6.19. The van der Waals surface area contributed by atoms with Crippen molar-refractivity contribution in [2.75, 3.05) is 16.4 Å². The molecule has 0 bridgehead atoms. The lowest BCUT2D eigenvalue weighted by Gasteiger charge is -2.26. The third kappa shape index (κ3) is 9.36. The molecule has 0 aliphatic carbocycles. The highest BCUT2D eigenvalue weighted by atomic mass is 32.2. The van der Waals surface area contributed by atoms with Gasteiger partial charge in [-0.3, -0.25) is 9.31 Å². The predicted molar refractivity (Wildman–Crippen MR) is 157 cm³/mol. The minimum Gasteiger partial charge on any atom is -0.409 e. The van der Waals surface area contributed by atoms with Gasteiger partial charge in [-0.25, -0.2) is 10.2 Å². The van der Waals surface area contributed by atoms with Gasteiger partial charge in [-0.15, -0.1) is 20.2 Å². The number of nitrogens with one attached hydrogen (secondary N) is 2. The van der Waals surface area contributed by atoms with Crippen LogP contribution in [-0.2, 0) is 27.2 Å². The summed E-state index contributed by atoms with van der Waals surface area (Å²) < 4.78 is 52.4. The molecule has 19 heteroatoms. The van der Waals surface area contributed by atoms with Crippen LogP contribution in [0.15, 0.2) is 72.8 Å². The minimum absolute atomic E-state index is 0.135. The third-order valence-corrected chi connectivity index (χ3v) is 6.78. The quantitative estimate of drug-likeness (QED) is 0.103. The molecule has 3 aromatic carbocycles. The van der Waals surface area contributed by atoms with E-state index in [1.165, 1.54) is 27.5 Å². The number of alkyl halides is 3. The van der Waals surface area contributed by atoms with Crippen molar-refractivity contribution < 1.29 is 46.8 Å². The van der Waals surface area contributed by atoms with E-state index < -0.39 is 41.7 Å². The van der Waals surface area contributed by atoms with E-state index in [1.807, 2.05) is 24.5 Å². The van der Waals surface area contributed by atoms with Crippen molar-refractivity contribution in [2.24, 2.45) is 0 Å². The molecule has 4 rings (SSSR count). The number of aryl methyl sites for hydroxylation is 1. The van der Waals surface area contributed by atoms with Crippen molar-refractivity contribution in [3.05, 3.63) is 115 Å². The highest BCUT2D eigenvalue weighted by Crippen LogP contribution is 2.35. The molecular weight excluding hydrogens is 641 g/mol. The smallest absolute Gasteiger partial charge is 0.409 e. The normalized spacial score (nSPS) is 14.3. The molecule has 1 aliphatic heterocycles. The number of amides is 1. The number of hydroxylamine groups is 1. The van der Waals surface area contributed by atoms with Crippen molar-refractivity contribution in [1.29, 1.82) is 0 Å². The molecule has 2 N–H and O–H groups in total. The molecule has 0 saturated heterocycles. The maximum atomic E-state index is 13.6. The molecule has 1 atom stereocenters. The average Bonchev–Trinajstić information content (AvgIpc) is 3.46. The van der Waals surface area contributed by atoms with E-state index in [-0.39, 0.29) is 16.9 Å². The zero-order chi connectivity index (χ0) is 33.4. The highest BCUT2D eigenvalue weighted by molar-refractivity contribution is 7.96. The van der Waals surface area contributed by atoms with Gasteiger partial charge in [0.2, 0.25) is 0 Å². The molecule has 3 aromatic rings. The lowest BCUT2D eigenvalue weighted by molar-refractivity contribution is -0.763. The molecule has 1 heterocycles. The van der Waals surface area contributed by atoms with Gasteiger partial charge in [0, 0.05) is 12.7 Å². The van der Waals surface area contributed by atoms with Crippen molar-refractivity contribution in [2.45, 2.75) is 32.4 Å². The van der Waals surface area contributed by atoms with Gasteiger partial charge < -0.3 is 14.4 Å². The monoisotopic (exact) mass is 666 g/mol. The van der Waals surface area contributed by atoms with Crippen molar-refractivity contribution in [1.82, 2.24) is 10.9 Å². The first-order valence-electron chi connectivity index (χ1n) is 13.0. The molecule has 244 valence electrons. The van der Waals surface area contributed by atoms with Crippen LogP contribution in [0.3, 0.4) is 0 Å². The summed E-state index contributed by atoms with van der Waals surface area (Å²) in [5.41, 5.74) is 7.77. The number of benzene rings is 3. The van der Waals surface area contributed by atoms with Gasteiger partial charge in [0.25, 0.3) is 10.2 Å². The first-order chi connectivity index (χ1) is 21.8. The Hall–Kier alpha value is -5.27. The van der Waals surface area contributed by atoms with Crippen LogP contribution in [0.5, 0.6) is 5.75 Å². The fourth-order valence-corrected chi connectivity index (χ4v) is 4.53. The Bertz CT molecular complexity index is 1560. The fourth-order valence-electron chi connectivity index (χ4n) is 4.11. The van der Waals surface area contributed by atoms with E-state index in [0.717, 1.165) is 11.6 Å². The number of carbonyl (C=O) groups is 1. The fraction of sp³-hybridized carbons (Fsp3) is 0.222. The molecule has 1 aliphatic rings. The van der Waals surface area contributed by atoms with Gasteiger partial charge in [-0.05, 0) is 66.1 Å². The van der Waals surface area contributed by atoms with Gasteiger partial charge in [-0.1, -0.05) is 35.9 Å². The van der Waals surface area contributed by atoms with Crippen LogP contribution in [0, 0.1) is 27.2 Å². The topological polar surface area (TPSA) is 171 Å². The Balaban J connectivity index is 1.35. The first-order valence-corrected chi connectivity index (χ1v) is 13.7. The van der Waals surface area contributed by atoms with E-state index in [2.05, 4.69) is 15.1 Å². The molecular formula is C27H25F3N6O9S. The highest BCUT2D eigenvalue weighted by Gasteiger charge is 2.43. The first kappa shape index (κ1) is 33.6. The summed E-state index contributed by atoms with van der Waals surface area (Å²) in [5.74, 6) is -0.135. The number of hydrogen-bond donors (Lipinski definition) is 2. The number of hydrogen-bond acceptors (Lipinski definition) is 13. The Labute approximate surface area is 262 Å². The standard InChI is InChI=1S/C27H25F3N6O9S/c1-17-3-5-20(6-4-17)24-14-25(27(28,29)30)31-34(24)22-9-7-21(8-10-22)33(2)46-45-32-26(37)44-23-12-18(15-42-35(38)39)11-19(13-23)16-43-36(40)41/h3-14,25,31H,15-16H2,1-2H3,(H,32,37). The van der Waals surface area contributed by atoms with Crippen LogP contribution in [0.2, 0.25) is 0 Å². The van der Waals surface area contributed by atoms with Crippen molar-refractivity contribution in [3.8, 4) is 5.75 Å². The zero-order valence-corrected chi connectivity index (χ0v) is 24.7. The lowest BCUT2D eigenvalue weighted by atomic mass is 10.1. The average molecular weight is 667 g/mol. The van der Waals surface area contributed by atoms with Gasteiger partial charge in [-0.2, -0.15) is 22.9 Å². The van der Waals surface area contributed by atoms with Crippen molar-refractivity contribution in [3.63, 3.8) is 0 Å². The van der Waals surface area contributed by atoms with Gasteiger partial charge in [0.05, 0.1) is 11.4 Å². The van der Waals surface area contributed by atoms with E-state index in [0.29, 0.717) is 34.9 Å². The van der Waals surface area contributed by atoms with E-state index in [9.17, 15) is 38.2 Å². The zero-order valence-electron chi connectivity index (χ0n) is 23.9. The predicted octanol–water partition coefficient (Wildman–Crippen LogP) is 5.43. The largest absolute Gasteiger partial charge is 0.437 e. The number of hydrazine groups is 1. The Morgan fingerprint density at radius 2 is 1.59 bits per heavy atom. The molecule has 1 amide bonds. The van der Waals surface area contributed by atoms with Gasteiger partial charge in [0.15, 0.2) is 0 Å². The molecule has 0 spiro atoms. The molecule has 46 heavy (non-hydrogen) atoms. The van der Waals surface area contributed by atoms with Crippen LogP contribution >= 0.6 is 12.2 Å². The molecule has 15 nitrogen and oxygen atoms in total. The number of ether oxygens (including phenoxy) is 1. The summed E-state index contributed by atoms with van der Waals surface area (Å²) >= 11 is 0.680. The number of nitrogens with zero attached hydrogens (tertiary/aromatic N) is 4. The SMILES string of the molecule is Cc1ccc(C2=CC(C(F)(F)F)NN2c2ccc(N(C)SONC(=O)Oc3cc(CO[N+](=O)[O-])cc(CO[N+](=O)[O-])c3)cc2)cc1. The summed E-state index contributed by atoms with van der Waals surface area (Å²) in [6.45, 7) is 0.839. The summed E-state index contributed by atoms with van der Waals surface area (Å²) in [6.07, 6.45) is -4.48. The Morgan fingerprint density at radius 3 is 2.13 bits per heavy atom. The molecule has 0 saturated carbocycles. The maximum Gasteiger partial charge on any atom is 0.437 e. The van der Waals surface area contributed by atoms with Gasteiger partial charge >= 0.3 is 12.3 Å². The number of anilines is 2. The lowest BCUT2D eigenvalue weighted by Crippen LogP contribution is -2.44. The van der Waals surface area contributed by atoms with Crippen LogP contribution in [0.1, 0.15) is 22.3 Å². The number of rotatable bonds is 13. The molecule has 0 radical (unpaired) electrons. The van der Waals surface area contributed by atoms with Crippen LogP contribution < -0.4 is 25.0 Å². The molecule has 1 unspecified atom stereocenters. The summed E-state index contributed by atoms with van der Waals surface area (Å²) in [4.78, 5) is 41.9. The van der Waals surface area contributed by atoms with Gasteiger partial charge in [0.1, 0.15) is 37.2 Å². The van der Waals surface area contributed by atoms with E-state index >= 15 is 0 Å². The summed E-state index contributed by atoms with van der Waals surface area (Å²) in [6, 6.07) is 15.5. The van der Waals surface area contributed by atoms with Crippen LogP contribution in [-0.4, -0.2) is 35.5 Å². The second-order valence-corrected chi connectivity index (χ2v) is 10.4.